The van der Waals surface area contributed by atoms with Crippen LogP contribution in [0.15, 0.2) is 61.1 Å². The van der Waals surface area contributed by atoms with Crippen molar-refractivity contribution in [2.45, 2.75) is 13.5 Å². The first-order chi connectivity index (χ1) is 17.5. The summed E-state index contributed by atoms with van der Waals surface area (Å²) in [6.45, 7) is 0.211. The molecule has 0 bridgehead atoms. The van der Waals surface area contributed by atoms with E-state index in [1.54, 1.807) is 42.9 Å². The molecule has 8 nitrogen and oxygen atoms in total. The highest BCUT2D eigenvalue weighted by Gasteiger charge is 2.13. The van der Waals surface area contributed by atoms with Crippen LogP contribution in [-0.4, -0.2) is 52.5 Å². The minimum absolute atomic E-state index is 0.0822. The number of carbonyl (C=O) groups is 1. The Morgan fingerprint density at radius 2 is 1.94 bits per heavy atom. The highest BCUT2D eigenvalue weighted by atomic mass is 35.5. The van der Waals surface area contributed by atoms with Crippen LogP contribution in [0.5, 0.6) is 5.75 Å². The summed E-state index contributed by atoms with van der Waals surface area (Å²) in [6, 6.07) is 11.7. The Balaban J connectivity index is 1.48. The first kappa shape index (κ1) is 25.3. The number of nitrogens with zero attached hydrogens (tertiary/aromatic N) is 3. The van der Waals surface area contributed by atoms with Crippen LogP contribution in [0.4, 0.5) is 20.3 Å². The van der Waals surface area contributed by atoms with Gasteiger partial charge in [-0.25, -0.2) is 9.97 Å². The number of fused-ring (bicyclic) bond motifs is 1. The van der Waals surface area contributed by atoms with E-state index in [9.17, 15) is 13.6 Å². The normalized spacial score (nSPS) is 11.1. The molecule has 2 N–H and O–H groups in total. The van der Waals surface area contributed by atoms with Gasteiger partial charge in [-0.05, 0) is 55.0 Å². The number of halogens is 3. The predicted molar refractivity (Wildman–Crippen MR) is 133 cm³/mol. The fourth-order valence-electron chi connectivity index (χ4n) is 3.65. The van der Waals surface area contributed by atoms with E-state index >= 15 is 0 Å². The summed E-state index contributed by atoms with van der Waals surface area (Å²) < 4.78 is 36.4. The predicted octanol–water partition coefficient (Wildman–Crippen LogP) is 5.03. The Bertz CT molecular complexity index is 1330. The lowest BCUT2D eigenvalue weighted by molar-refractivity contribution is -0.0498. The zero-order valence-corrected chi connectivity index (χ0v) is 20.1. The maximum absolute atomic E-state index is 12.5. The van der Waals surface area contributed by atoms with Crippen LogP contribution >= 0.6 is 11.6 Å². The first-order valence-electron chi connectivity index (χ1n) is 11.1. The molecule has 0 fully saturated rings. The van der Waals surface area contributed by atoms with Gasteiger partial charge in [-0.2, -0.15) is 8.78 Å². The molecule has 0 aliphatic rings. The fourth-order valence-corrected chi connectivity index (χ4v) is 3.76. The van der Waals surface area contributed by atoms with Crippen molar-refractivity contribution in [3.8, 4) is 17.0 Å². The van der Waals surface area contributed by atoms with Gasteiger partial charge in [0.15, 0.2) is 11.5 Å². The zero-order chi connectivity index (χ0) is 25.5. The number of benzene rings is 2. The average Bonchev–Trinajstić information content (AvgIpc) is 3.29. The average molecular weight is 516 g/mol. The van der Waals surface area contributed by atoms with E-state index in [4.69, 9.17) is 16.3 Å². The van der Waals surface area contributed by atoms with Crippen LogP contribution in [0.3, 0.4) is 0 Å². The lowest BCUT2D eigenvalue weighted by Gasteiger charge is -2.12. The Morgan fingerprint density at radius 1 is 1.14 bits per heavy atom. The third kappa shape index (κ3) is 6.07. The molecule has 2 aromatic heterocycles. The van der Waals surface area contributed by atoms with E-state index in [2.05, 4.69) is 25.3 Å². The summed E-state index contributed by atoms with van der Waals surface area (Å²) in [7, 11) is 0. The largest absolute Gasteiger partial charge is 0.435 e. The van der Waals surface area contributed by atoms with Crippen LogP contribution in [0, 0.1) is 6.92 Å². The van der Waals surface area contributed by atoms with Crippen molar-refractivity contribution in [1.82, 2.24) is 19.7 Å². The molecule has 4 rings (SSSR count). The smallest absolute Gasteiger partial charge is 0.387 e. The number of carbonyl (C=O) groups excluding carboxylic acids is 1. The monoisotopic (exact) mass is 515 g/mol. The molecule has 0 atom stereocenters. The number of aryl methyl sites for hydroxylation is 1. The number of anilines is 2. The number of hydrogen-bond acceptors (Lipinski definition) is 6. The maximum Gasteiger partial charge on any atom is 0.387 e. The van der Waals surface area contributed by atoms with Crippen molar-refractivity contribution >= 4 is 34.7 Å². The second-order valence-electron chi connectivity index (χ2n) is 7.73. The molecule has 0 spiro atoms. The third-order valence-electron chi connectivity index (χ3n) is 5.29. The number of hydrogen-bond donors (Lipinski definition) is 2. The SMILES string of the molecule is Cc1cc(Nc2nccn3c(-c4ccc(OC(F)F)cc4)cnc23)ccc1C(=O)NCCOCCCl. The van der Waals surface area contributed by atoms with E-state index in [0.29, 0.717) is 42.7 Å². The second-order valence-corrected chi connectivity index (χ2v) is 8.11. The molecule has 0 unspecified atom stereocenters. The van der Waals surface area contributed by atoms with Gasteiger partial charge < -0.3 is 20.1 Å². The van der Waals surface area contributed by atoms with Crippen LogP contribution in [0.25, 0.3) is 16.9 Å². The molecule has 2 aromatic carbocycles. The Labute approximate surface area is 211 Å². The molecule has 2 heterocycles. The van der Waals surface area contributed by atoms with Gasteiger partial charge in [-0.3, -0.25) is 9.20 Å². The Morgan fingerprint density at radius 3 is 2.67 bits per heavy atom. The lowest BCUT2D eigenvalue weighted by atomic mass is 10.1. The molecule has 4 aromatic rings. The number of nitrogens with one attached hydrogen (secondary N) is 2. The highest BCUT2D eigenvalue weighted by Crippen LogP contribution is 2.27. The molecule has 0 saturated heterocycles. The van der Waals surface area contributed by atoms with Gasteiger partial charge in [-0.15, -0.1) is 11.6 Å². The van der Waals surface area contributed by atoms with Crippen molar-refractivity contribution in [3.63, 3.8) is 0 Å². The molecule has 0 radical (unpaired) electrons. The van der Waals surface area contributed by atoms with E-state index in [1.807, 2.05) is 17.4 Å². The first-order valence-corrected chi connectivity index (χ1v) is 11.7. The van der Waals surface area contributed by atoms with Gasteiger partial charge in [0.2, 0.25) is 0 Å². The summed E-state index contributed by atoms with van der Waals surface area (Å²) in [5, 5.41) is 6.08. The molecule has 0 aliphatic heterocycles. The summed E-state index contributed by atoms with van der Waals surface area (Å²) in [6.07, 6.45) is 5.08. The molecule has 1 amide bonds. The highest BCUT2D eigenvalue weighted by molar-refractivity contribution is 6.17. The van der Waals surface area contributed by atoms with Gasteiger partial charge in [0, 0.05) is 41.6 Å². The van der Waals surface area contributed by atoms with Crippen molar-refractivity contribution in [3.05, 3.63) is 72.2 Å². The van der Waals surface area contributed by atoms with Crippen molar-refractivity contribution in [2.75, 3.05) is 31.0 Å². The minimum Gasteiger partial charge on any atom is -0.435 e. The van der Waals surface area contributed by atoms with Gasteiger partial charge in [0.05, 0.1) is 25.1 Å². The van der Waals surface area contributed by atoms with Crippen LogP contribution < -0.4 is 15.4 Å². The van der Waals surface area contributed by atoms with E-state index in [-0.39, 0.29) is 11.7 Å². The topological polar surface area (TPSA) is 89.8 Å². The lowest BCUT2D eigenvalue weighted by Crippen LogP contribution is -2.28. The van der Waals surface area contributed by atoms with E-state index in [1.165, 1.54) is 12.1 Å². The van der Waals surface area contributed by atoms with Gasteiger partial charge in [-0.1, -0.05) is 0 Å². The van der Waals surface area contributed by atoms with Crippen molar-refractivity contribution < 1.29 is 23.0 Å². The Hall–Kier alpha value is -3.76. The Kier molecular flexibility index (Phi) is 8.29. The number of imidazole rings is 1. The van der Waals surface area contributed by atoms with Crippen molar-refractivity contribution in [1.29, 1.82) is 0 Å². The number of aromatic nitrogens is 3. The van der Waals surface area contributed by atoms with Gasteiger partial charge in [0.25, 0.3) is 5.91 Å². The summed E-state index contributed by atoms with van der Waals surface area (Å²) in [5.74, 6) is 0.834. The minimum atomic E-state index is -2.88. The maximum atomic E-state index is 12.5. The van der Waals surface area contributed by atoms with E-state index < -0.39 is 6.61 Å². The molecule has 188 valence electrons. The summed E-state index contributed by atoms with van der Waals surface area (Å²) >= 11 is 5.56. The zero-order valence-electron chi connectivity index (χ0n) is 19.4. The van der Waals surface area contributed by atoms with Crippen LogP contribution in [-0.2, 0) is 4.74 Å². The van der Waals surface area contributed by atoms with Gasteiger partial charge >= 0.3 is 6.61 Å². The molecular weight excluding hydrogens is 492 g/mol. The standard InChI is InChI=1S/C25H24ClF2N5O3/c1-16-14-18(4-7-20(16)24(34)30-10-13-35-12-8-26)32-22-23-31-15-21(33(23)11-9-29-22)17-2-5-19(6-3-17)36-25(27)28/h2-7,9,11,14-15,25H,8,10,12-13H2,1H3,(H,29,32)(H,30,34). The van der Waals surface area contributed by atoms with E-state index in [0.717, 1.165) is 22.5 Å². The van der Waals surface area contributed by atoms with Gasteiger partial charge in [0.1, 0.15) is 5.75 Å². The number of amides is 1. The molecule has 36 heavy (non-hydrogen) atoms. The molecule has 11 heteroatoms. The third-order valence-corrected chi connectivity index (χ3v) is 5.44. The summed E-state index contributed by atoms with van der Waals surface area (Å²) in [4.78, 5) is 21.4. The van der Waals surface area contributed by atoms with Crippen molar-refractivity contribution in [2.24, 2.45) is 0 Å². The molecule has 0 aliphatic carbocycles. The molecule has 0 saturated carbocycles. The fraction of sp³-hybridized carbons (Fsp3) is 0.240. The number of alkyl halides is 3. The van der Waals surface area contributed by atoms with Crippen LogP contribution in [0.2, 0.25) is 0 Å². The summed E-state index contributed by atoms with van der Waals surface area (Å²) in [5.41, 5.74) is 4.22. The second kappa shape index (κ2) is 11.8. The number of ether oxygens (including phenoxy) is 2. The molecular formula is C25H24ClF2N5O3. The number of rotatable bonds is 11. The van der Waals surface area contributed by atoms with Crippen LogP contribution in [0.1, 0.15) is 15.9 Å². The quantitative estimate of drug-likeness (QED) is 0.215.